The molecule has 0 amide bonds. The van der Waals surface area contributed by atoms with Crippen molar-refractivity contribution in [3.63, 3.8) is 0 Å². The van der Waals surface area contributed by atoms with Crippen molar-refractivity contribution >= 4 is 11.6 Å². The quantitative estimate of drug-likeness (QED) is 0.544. The Balaban J connectivity index is 1.70. The highest BCUT2D eigenvalue weighted by atomic mass is 35.5. The van der Waals surface area contributed by atoms with Crippen LogP contribution in [0.3, 0.4) is 0 Å². The molecule has 0 N–H and O–H groups in total. The Morgan fingerprint density at radius 2 is 2.00 bits per heavy atom. The second-order valence-corrected chi connectivity index (χ2v) is 9.08. The van der Waals surface area contributed by atoms with Gasteiger partial charge in [0, 0.05) is 21.9 Å². The number of aromatic nitrogens is 3. The van der Waals surface area contributed by atoms with E-state index in [1.165, 1.54) is 11.6 Å². The van der Waals surface area contributed by atoms with Gasteiger partial charge < -0.3 is 4.42 Å². The Morgan fingerprint density at radius 3 is 2.70 bits per heavy atom. The largest absolute Gasteiger partial charge is 0.439 e. The van der Waals surface area contributed by atoms with Crippen LogP contribution in [0.2, 0.25) is 5.02 Å². The number of nitrogens with zero attached hydrogens (tertiary/aromatic N) is 3. The summed E-state index contributed by atoms with van der Waals surface area (Å²) in [6, 6.07) is 4.72. The minimum Gasteiger partial charge on any atom is -0.439 e. The number of hydrogen-bond donors (Lipinski definition) is 0. The molecule has 2 atom stereocenters. The molecule has 0 unspecified atom stereocenters. The minimum absolute atomic E-state index is 0.127. The van der Waals surface area contributed by atoms with E-state index in [4.69, 9.17) is 21.1 Å². The molecule has 27 heavy (non-hydrogen) atoms. The van der Waals surface area contributed by atoms with Gasteiger partial charge in [0.2, 0.25) is 5.89 Å². The van der Waals surface area contributed by atoms with Crippen LogP contribution in [0.1, 0.15) is 68.9 Å². The van der Waals surface area contributed by atoms with E-state index in [-0.39, 0.29) is 11.2 Å². The third kappa shape index (κ3) is 2.55. The molecular weight excluding hydrogens is 365 g/mol. The first-order valence-corrected chi connectivity index (χ1v) is 9.75. The Bertz CT molecular complexity index is 1050. The number of fused-ring (bicyclic) bond motifs is 5. The lowest BCUT2D eigenvalue weighted by atomic mass is 9.94. The Hall–Kier alpha value is -2.14. The molecule has 2 bridgehead atoms. The highest BCUT2D eigenvalue weighted by molar-refractivity contribution is 6.30. The highest BCUT2D eigenvalue weighted by Gasteiger charge is 2.44. The predicted octanol–water partition coefficient (Wildman–Crippen LogP) is 5.98. The smallest absolute Gasteiger partial charge is 0.247 e. The van der Waals surface area contributed by atoms with E-state index in [2.05, 4.69) is 25.8 Å². The van der Waals surface area contributed by atoms with E-state index in [0.717, 1.165) is 36.4 Å². The molecule has 140 valence electrons. The van der Waals surface area contributed by atoms with Gasteiger partial charge in [0.25, 0.3) is 0 Å². The summed E-state index contributed by atoms with van der Waals surface area (Å²) < 4.78 is 22.4. The van der Waals surface area contributed by atoms with Gasteiger partial charge in [-0.25, -0.2) is 14.1 Å². The zero-order valence-electron chi connectivity index (χ0n) is 15.6. The molecule has 6 heteroatoms. The van der Waals surface area contributed by atoms with Crippen LogP contribution in [0.5, 0.6) is 0 Å². The van der Waals surface area contributed by atoms with Crippen molar-refractivity contribution in [1.82, 2.24) is 14.8 Å². The van der Waals surface area contributed by atoms with Gasteiger partial charge in [-0.05, 0) is 43.4 Å². The van der Waals surface area contributed by atoms with Crippen molar-refractivity contribution in [3.8, 4) is 17.3 Å². The van der Waals surface area contributed by atoms with Crippen LogP contribution in [0.4, 0.5) is 4.39 Å². The molecule has 2 aliphatic rings. The zero-order valence-corrected chi connectivity index (χ0v) is 16.3. The highest BCUT2D eigenvalue weighted by Crippen LogP contribution is 2.56. The average Bonchev–Trinajstić information content (AvgIpc) is 3.35. The molecule has 0 saturated heterocycles. The van der Waals surface area contributed by atoms with Crippen LogP contribution in [0.25, 0.3) is 17.3 Å². The van der Waals surface area contributed by atoms with Crippen LogP contribution in [0.15, 0.2) is 28.8 Å². The first-order valence-electron chi connectivity index (χ1n) is 9.38. The standard InChI is InChI=1S/C21H21ClFN3O/c1-21(2,3)16-10-24-20(27-16)18-17-11-4-5-12(8-11)19(17)26(25-18)15-7-6-13(22)9-14(15)23/h6-7,9-12H,4-5,8H2,1-3H3/t11-,12+/m0/s1. The summed E-state index contributed by atoms with van der Waals surface area (Å²) in [6.07, 6.45) is 5.14. The fourth-order valence-corrected chi connectivity index (χ4v) is 4.61. The second-order valence-electron chi connectivity index (χ2n) is 8.64. The monoisotopic (exact) mass is 385 g/mol. The number of rotatable bonds is 2. The van der Waals surface area contributed by atoms with Gasteiger partial charge in [-0.2, -0.15) is 5.10 Å². The molecule has 1 aromatic carbocycles. The molecule has 2 aliphatic carbocycles. The van der Waals surface area contributed by atoms with Gasteiger partial charge in [0.15, 0.2) is 5.69 Å². The summed E-state index contributed by atoms with van der Waals surface area (Å²) in [5, 5.41) is 5.16. The Morgan fingerprint density at radius 1 is 1.22 bits per heavy atom. The molecule has 2 aromatic heterocycles. The van der Waals surface area contributed by atoms with Gasteiger partial charge in [-0.1, -0.05) is 32.4 Å². The molecule has 5 rings (SSSR count). The summed E-state index contributed by atoms with van der Waals surface area (Å²) in [5.41, 5.74) is 3.35. The summed E-state index contributed by atoms with van der Waals surface area (Å²) >= 11 is 5.94. The van der Waals surface area contributed by atoms with Gasteiger partial charge >= 0.3 is 0 Å². The SMILES string of the molecule is CC(C)(C)c1cnc(-c2nn(-c3ccc(Cl)cc3F)c3c2[C@H]2CC[C@@H]3C2)o1. The molecule has 1 saturated carbocycles. The summed E-state index contributed by atoms with van der Waals surface area (Å²) in [5.74, 6) is 1.84. The van der Waals surface area contributed by atoms with Crippen molar-refractivity contribution in [2.45, 2.75) is 57.3 Å². The van der Waals surface area contributed by atoms with E-state index >= 15 is 0 Å². The van der Waals surface area contributed by atoms with Crippen molar-refractivity contribution in [2.24, 2.45) is 0 Å². The lowest BCUT2D eigenvalue weighted by molar-refractivity contribution is 0.414. The normalized spacial score (nSPS) is 21.1. The number of oxazole rings is 1. The molecule has 3 aromatic rings. The number of halogens is 2. The van der Waals surface area contributed by atoms with Crippen LogP contribution in [-0.2, 0) is 5.41 Å². The van der Waals surface area contributed by atoms with Gasteiger partial charge in [0.05, 0.1) is 11.9 Å². The lowest BCUT2D eigenvalue weighted by Gasteiger charge is -2.14. The van der Waals surface area contributed by atoms with Gasteiger partial charge in [0.1, 0.15) is 17.3 Å². The molecule has 2 heterocycles. The van der Waals surface area contributed by atoms with Crippen LogP contribution in [-0.4, -0.2) is 14.8 Å². The molecule has 0 spiro atoms. The summed E-state index contributed by atoms with van der Waals surface area (Å²) in [4.78, 5) is 4.50. The second kappa shape index (κ2) is 5.68. The topological polar surface area (TPSA) is 43.9 Å². The van der Waals surface area contributed by atoms with E-state index in [1.807, 2.05) is 0 Å². The average molecular weight is 386 g/mol. The minimum atomic E-state index is -0.370. The van der Waals surface area contributed by atoms with E-state index in [1.54, 1.807) is 23.0 Å². The first kappa shape index (κ1) is 17.0. The maximum Gasteiger partial charge on any atom is 0.247 e. The van der Waals surface area contributed by atoms with Gasteiger partial charge in [-0.15, -0.1) is 0 Å². The molecule has 0 radical (unpaired) electrons. The third-order valence-electron chi connectivity index (χ3n) is 5.77. The van der Waals surface area contributed by atoms with E-state index in [0.29, 0.717) is 28.4 Å². The Labute approximate surface area is 162 Å². The fourth-order valence-electron chi connectivity index (χ4n) is 4.46. The van der Waals surface area contributed by atoms with Crippen molar-refractivity contribution < 1.29 is 8.81 Å². The number of hydrogen-bond acceptors (Lipinski definition) is 3. The van der Waals surface area contributed by atoms with Gasteiger partial charge in [-0.3, -0.25) is 0 Å². The predicted molar refractivity (Wildman–Crippen MR) is 102 cm³/mol. The van der Waals surface area contributed by atoms with Crippen molar-refractivity contribution in [3.05, 3.63) is 52.3 Å². The van der Waals surface area contributed by atoms with Crippen LogP contribution < -0.4 is 0 Å². The maximum absolute atomic E-state index is 14.6. The number of benzene rings is 1. The zero-order chi connectivity index (χ0) is 18.9. The fraction of sp³-hybridized carbons (Fsp3) is 0.429. The summed E-state index contributed by atoms with van der Waals surface area (Å²) in [7, 11) is 0. The molecule has 1 fully saturated rings. The van der Waals surface area contributed by atoms with E-state index in [9.17, 15) is 4.39 Å². The summed E-state index contributed by atoms with van der Waals surface area (Å²) in [6.45, 7) is 6.27. The van der Waals surface area contributed by atoms with Crippen LogP contribution >= 0.6 is 11.6 Å². The first-order chi connectivity index (χ1) is 12.8. The third-order valence-corrected chi connectivity index (χ3v) is 6.01. The van der Waals surface area contributed by atoms with E-state index < -0.39 is 0 Å². The molecular formula is C21H21ClFN3O. The molecule has 4 nitrogen and oxygen atoms in total. The van der Waals surface area contributed by atoms with Crippen LogP contribution in [0, 0.1) is 5.82 Å². The molecule has 0 aliphatic heterocycles. The Kier molecular flexibility index (Phi) is 3.57. The van der Waals surface area contributed by atoms with Crippen molar-refractivity contribution in [1.29, 1.82) is 0 Å². The maximum atomic E-state index is 14.6. The van der Waals surface area contributed by atoms with Crippen molar-refractivity contribution in [2.75, 3.05) is 0 Å². The lowest BCUT2D eigenvalue weighted by Crippen LogP contribution is -2.09.